The third-order valence-electron chi connectivity index (χ3n) is 5.40. The van der Waals surface area contributed by atoms with Crippen molar-refractivity contribution < 1.29 is 8.81 Å². The highest BCUT2D eigenvalue weighted by Gasteiger charge is 2.11. The summed E-state index contributed by atoms with van der Waals surface area (Å²) in [4.78, 5) is 4.54. The quantitative estimate of drug-likeness (QED) is 0.322. The fourth-order valence-electron chi connectivity index (χ4n) is 3.72. The Morgan fingerprint density at radius 3 is 2.28 bits per heavy atom. The summed E-state index contributed by atoms with van der Waals surface area (Å²) in [6, 6.07) is 23.1. The number of halogens is 1. The van der Waals surface area contributed by atoms with Crippen LogP contribution in [0.25, 0.3) is 44.3 Å². The van der Waals surface area contributed by atoms with Crippen LogP contribution in [0.1, 0.15) is 25.3 Å². The number of rotatable bonds is 3. The van der Waals surface area contributed by atoms with Gasteiger partial charge in [0.25, 0.3) is 0 Å². The average molecular weight is 381 g/mol. The first-order valence-corrected chi connectivity index (χ1v) is 9.77. The van der Waals surface area contributed by atoms with E-state index in [-0.39, 0.29) is 5.82 Å². The van der Waals surface area contributed by atoms with Crippen molar-refractivity contribution in [2.24, 2.45) is 0 Å². The predicted molar refractivity (Wildman–Crippen MR) is 116 cm³/mol. The summed E-state index contributed by atoms with van der Waals surface area (Å²) < 4.78 is 19.4. The molecule has 0 fully saturated rings. The summed E-state index contributed by atoms with van der Waals surface area (Å²) in [5.74, 6) is 0.225. The molecule has 0 spiro atoms. The van der Waals surface area contributed by atoms with Crippen molar-refractivity contribution in [3.63, 3.8) is 0 Å². The molecule has 2 heterocycles. The molecule has 0 N–H and O–H groups in total. The Morgan fingerprint density at radius 2 is 1.48 bits per heavy atom. The van der Waals surface area contributed by atoms with Crippen molar-refractivity contribution in [3.8, 4) is 22.4 Å². The van der Waals surface area contributed by atoms with Crippen molar-refractivity contribution in [2.45, 2.75) is 19.8 Å². The summed E-state index contributed by atoms with van der Waals surface area (Å²) in [6.45, 7) is 4.36. The van der Waals surface area contributed by atoms with Crippen LogP contribution in [0.4, 0.5) is 4.39 Å². The molecule has 0 saturated heterocycles. The second-order valence-corrected chi connectivity index (χ2v) is 7.66. The first-order chi connectivity index (χ1) is 14.1. The molecule has 2 nitrogen and oxygen atoms in total. The molecule has 0 atom stereocenters. The topological polar surface area (TPSA) is 26.0 Å². The minimum atomic E-state index is -0.230. The number of aromatic nitrogens is 1. The van der Waals surface area contributed by atoms with E-state index in [9.17, 15) is 4.39 Å². The van der Waals surface area contributed by atoms with Crippen LogP contribution in [0.2, 0.25) is 0 Å². The van der Waals surface area contributed by atoms with Crippen LogP contribution in [0.15, 0.2) is 83.4 Å². The first kappa shape index (κ1) is 17.6. The zero-order chi connectivity index (χ0) is 20.0. The van der Waals surface area contributed by atoms with Crippen LogP contribution >= 0.6 is 0 Å². The molecule has 0 aliphatic rings. The maximum Gasteiger partial charge on any atom is 0.136 e. The third-order valence-corrected chi connectivity index (χ3v) is 5.40. The maximum atomic E-state index is 13.2. The van der Waals surface area contributed by atoms with Gasteiger partial charge in [-0.25, -0.2) is 4.39 Å². The number of furan rings is 1. The van der Waals surface area contributed by atoms with Crippen molar-refractivity contribution >= 4 is 21.9 Å². The van der Waals surface area contributed by atoms with Gasteiger partial charge in [0, 0.05) is 22.5 Å². The van der Waals surface area contributed by atoms with E-state index in [1.54, 1.807) is 12.1 Å². The van der Waals surface area contributed by atoms with Gasteiger partial charge in [-0.05, 0) is 71.1 Å². The molecule has 0 bridgehead atoms. The Hall–Kier alpha value is -3.46. The number of fused-ring (bicyclic) bond motifs is 3. The highest BCUT2D eigenvalue weighted by molar-refractivity contribution is 6.07. The fraction of sp³-hybridized carbons (Fsp3) is 0.115. The molecule has 2 aromatic heterocycles. The molecule has 5 rings (SSSR count). The molecular weight excluding hydrogens is 361 g/mol. The Morgan fingerprint density at radius 1 is 0.724 bits per heavy atom. The van der Waals surface area contributed by atoms with Gasteiger partial charge in [-0.15, -0.1) is 0 Å². The molecule has 0 aliphatic heterocycles. The van der Waals surface area contributed by atoms with E-state index < -0.39 is 0 Å². The zero-order valence-corrected chi connectivity index (χ0v) is 16.3. The van der Waals surface area contributed by atoms with E-state index in [0.717, 1.165) is 44.3 Å². The van der Waals surface area contributed by atoms with Gasteiger partial charge in [0.05, 0.1) is 5.69 Å². The lowest BCUT2D eigenvalue weighted by molar-refractivity contribution is 0.628. The lowest BCUT2D eigenvalue weighted by Crippen LogP contribution is -1.90. The van der Waals surface area contributed by atoms with Crippen molar-refractivity contribution in [1.82, 2.24) is 4.98 Å². The van der Waals surface area contributed by atoms with Gasteiger partial charge < -0.3 is 4.42 Å². The normalized spacial score (nSPS) is 11.6. The molecule has 0 aliphatic carbocycles. The molecule has 5 aromatic rings. The molecular formula is C26H20FNO. The van der Waals surface area contributed by atoms with Crippen molar-refractivity contribution in [1.29, 1.82) is 0 Å². The van der Waals surface area contributed by atoms with E-state index in [1.807, 2.05) is 18.3 Å². The Bertz CT molecular complexity index is 1330. The Labute approximate surface area is 168 Å². The van der Waals surface area contributed by atoms with Crippen LogP contribution in [0, 0.1) is 5.82 Å². The summed E-state index contributed by atoms with van der Waals surface area (Å²) in [7, 11) is 0. The van der Waals surface area contributed by atoms with Gasteiger partial charge in [-0.2, -0.15) is 0 Å². The lowest BCUT2D eigenvalue weighted by atomic mass is 10.0. The van der Waals surface area contributed by atoms with Crippen LogP contribution in [-0.4, -0.2) is 4.98 Å². The number of hydrogen-bond donors (Lipinski definition) is 0. The third kappa shape index (κ3) is 3.19. The van der Waals surface area contributed by atoms with Gasteiger partial charge in [-0.3, -0.25) is 4.98 Å². The van der Waals surface area contributed by atoms with E-state index in [2.05, 4.69) is 55.2 Å². The van der Waals surface area contributed by atoms with Crippen LogP contribution < -0.4 is 0 Å². The molecule has 3 aromatic carbocycles. The van der Waals surface area contributed by atoms with Crippen molar-refractivity contribution in [2.75, 3.05) is 0 Å². The fourth-order valence-corrected chi connectivity index (χ4v) is 3.72. The molecule has 142 valence electrons. The highest BCUT2D eigenvalue weighted by Crippen LogP contribution is 2.34. The molecule has 0 unspecified atom stereocenters. The predicted octanol–water partition coefficient (Wildman–Crippen LogP) is 7.58. The number of nitrogens with zero attached hydrogens (tertiary/aromatic N) is 1. The molecule has 0 saturated carbocycles. The number of hydrogen-bond acceptors (Lipinski definition) is 2. The van der Waals surface area contributed by atoms with Crippen LogP contribution in [-0.2, 0) is 0 Å². The Balaban J connectivity index is 1.61. The summed E-state index contributed by atoms with van der Waals surface area (Å²) in [6.07, 6.45) is 1.86. The first-order valence-electron chi connectivity index (χ1n) is 9.77. The van der Waals surface area contributed by atoms with E-state index in [1.165, 1.54) is 17.7 Å². The van der Waals surface area contributed by atoms with Gasteiger partial charge in [0.15, 0.2) is 0 Å². The summed E-state index contributed by atoms with van der Waals surface area (Å²) in [5.41, 5.74) is 6.95. The van der Waals surface area contributed by atoms with E-state index in [0.29, 0.717) is 5.92 Å². The van der Waals surface area contributed by atoms with Gasteiger partial charge in [0.2, 0.25) is 0 Å². The maximum absolute atomic E-state index is 13.2. The number of benzene rings is 3. The van der Waals surface area contributed by atoms with Crippen LogP contribution in [0.5, 0.6) is 0 Å². The summed E-state index contributed by atoms with van der Waals surface area (Å²) >= 11 is 0. The highest BCUT2D eigenvalue weighted by atomic mass is 19.1. The zero-order valence-electron chi connectivity index (χ0n) is 16.3. The average Bonchev–Trinajstić information content (AvgIpc) is 3.11. The lowest BCUT2D eigenvalue weighted by Gasteiger charge is -2.07. The molecule has 0 radical (unpaired) electrons. The summed E-state index contributed by atoms with van der Waals surface area (Å²) in [5, 5.41) is 2.12. The smallest absolute Gasteiger partial charge is 0.136 e. The minimum absolute atomic E-state index is 0.230. The van der Waals surface area contributed by atoms with Crippen LogP contribution in [0.3, 0.4) is 0 Å². The van der Waals surface area contributed by atoms with Gasteiger partial charge in [-0.1, -0.05) is 38.1 Å². The standard InChI is InChI=1S/C26H20FNO/c1-16(2)18-11-12-28-24(14-18)20-5-9-22-23-13-19(17-3-7-21(27)8-4-17)6-10-25(23)29-26(22)15-20/h3-16H,1-2H3. The second kappa shape index (κ2) is 6.85. The van der Waals surface area contributed by atoms with Gasteiger partial charge >= 0.3 is 0 Å². The monoisotopic (exact) mass is 381 g/mol. The second-order valence-electron chi connectivity index (χ2n) is 7.66. The largest absolute Gasteiger partial charge is 0.456 e. The molecule has 29 heavy (non-hydrogen) atoms. The molecule has 0 amide bonds. The van der Waals surface area contributed by atoms with E-state index in [4.69, 9.17) is 4.42 Å². The Kier molecular flexibility index (Phi) is 4.17. The van der Waals surface area contributed by atoms with E-state index >= 15 is 0 Å². The number of pyridine rings is 1. The van der Waals surface area contributed by atoms with Gasteiger partial charge in [0.1, 0.15) is 17.0 Å². The molecule has 3 heteroatoms. The minimum Gasteiger partial charge on any atom is -0.456 e. The van der Waals surface area contributed by atoms with Crippen molar-refractivity contribution in [3.05, 3.63) is 90.4 Å². The SMILES string of the molecule is CC(C)c1ccnc(-c2ccc3c(c2)oc2ccc(-c4ccc(F)cc4)cc23)c1.